The van der Waals surface area contributed by atoms with Gasteiger partial charge in [0.1, 0.15) is 0 Å². The Bertz CT molecular complexity index is 1120. The first-order chi connectivity index (χ1) is 13.7. The normalized spacial score (nSPS) is 18.1. The van der Waals surface area contributed by atoms with Crippen LogP contribution in [-0.4, -0.2) is 11.0 Å². The molecule has 0 aliphatic heterocycles. The van der Waals surface area contributed by atoms with Gasteiger partial charge in [-0.2, -0.15) is 0 Å². The van der Waals surface area contributed by atoms with Crippen molar-refractivity contribution >= 4 is 28.5 Å². The highest BCUT2D eigenvalue weighted by atomic mass is 16.4. The Labute approximate surface area is 172 Å². The van der Waals surface area contributed by atoms with E-state index in [1.165, 1.54) is 5.56 Å². The first kappa shape index (κ1) is 19.4. The van der Waals surface area contributed by atoms with Crippen LogP contribution in [0.1, 0.15) is 66.9 Å². The van der Waals surface area contributed by atoms with E-state index in [4.69, 9.17) is 4.98 Å². The molecule has 2 aromatic carbocycles. The van der Waals surface area contributed by atoms with Gasteiger partial charge in [-0.05, 0) is 58.6 Å². The molecule has 29 heavy (non-hydrogen) atoms. The van der Waals surface area contributed by atoms with E-state index < -0.39 is 5.97 Å². The zero-order valence-electron chi connectivity index (χ0n) is 17.5. The summed E-state index contributed by atoms with van der Waals surface area (Å²) in [5.74, 6) is -0.772. The Morgan fingerprint density at radius 2 is 1.76 bits per heavy atom. The van der Waals surface area contributed by atoms with Gasteiger partial charge >= 0.3 is 0 Å². The van der Waals surface area contributed by atoms with E-state index in [1.54, 1.807) is 0 Å². The molecule has 1 aliphatic rings. The number of benzene rings is 2. The summed E-state index contributed by atoms with van der Waals surface area (Å²) in [5, 5.41) is 12.7. The highest BCUT2D eigenvalue weighted by Gasteiger charge is 2.25. The monoisotopic (exact) mass is 384 g/mol. The minimum Gasteiger partial charge on any atom is -0.545 e. The number of para-hydroxylation sites is 1. The summed E-state index contributed by atoms with van der Waals surface area (Å²) >= 11 is 0. The summed E-state index contributed by atoms with van der Waals surface area (Å²) in [6.45, 7) is 8.77. The van der Waals surface area contributed by atoms with Crippen molar-refractivity contribution in [2.45, 2.75) is 46.0 Å². The number of pyridine rings is 1. The number of rotatable bonds is 2. The third-order valence-corrected chi connectivity index (χ3v) is 5.74. The molecule has 0 amide bonds. The summed E-state index contributed by atoms with van der Waals surface area (Å²) < 4.78 is 0. The van der Waals surface area contributed by atoms with E-state index in [0.29, 0.717) is 28.8 Å². The predicted octanol–water partition coefficient (Wildman–Crippen LogP) is 5.02. The van der Waals surface area contributed by atoms with Crippen molar-refractivity contribution < 1.29 is 9.90 Å². The SMILES string of the molecule is C[C@@H]1C/C(=C\c2ccc(C(C)(C)C)cc2)c2nc3ccccc3c(C(=O)[O-])c2C1. The number of aromatic nitrogens is 1. The lowest BCUT2D eigenvalue weighted by Crippen LogP contribution is -2.27. The smallest absolute Gasteiger partial charge is 0.0725 e. The van der Waals surface area contributed by atoms with Crippen LogP contribution < -0.4 is 5.11 Å². The maximum absolute atomic E-state index is 12.0. The summed E-state index contributed by atoms with van der Waals surface area (Å²) in [5.41, 5.74) is 6.22. The fourth-order valence-electron chi connectivity index (χ4n) is 4.25. The highest BCUT2D eigenvalue weighted by Crippen LogP contribution is 2.38. The average molecular weight is 384 g/mol. The van der Waals surface area contributed by atoms with Crippen molar-refractivity contribution in [2.24, 2.45) is 5.92 Å². The zero-order valence-corrected chi connectivity index (χ0v) is 17.5. The van der Waals surface area contributed by atoms with Gasteiger partial charge in [0.25, 0.3) is 0 Å². The molecular formula is C26H26NO2-. The van der Waals surface area contributed by atoms with Gasteiger partial charge in [0, 0.05) is 10.9 Å². The Kier molecular flexibility index (Phi) is 4.77. The molecule has 1 aromatic heterocycles. The fourth-order valence-corrected chi connectivity index (χ4v) is 4.25. The second-order valence-electron chi connectivity index (χ2n) is 9.17. The molecule has 0 spiro atoms. The summed E-state index contributed by atoms with van der Waals surface area (Å²) in [4.78, 5) is 16.9. The molecule has 3 aromatic rings. The van der Waals surface area contributed by atoms with E-state index in [0.717, 1.165) is 28.8 Å². The van der Waals surface area contributed by atoms with Crippen LogP contribution in [0.15, 0.2) is 48.5 Å². The lowest BCUT2D eigenvalue weighted by atomic mass is 9.80. The number of carboxylic acids is 1. The van der Waals surface area contributed by atoms with Gasteiger partial charge in [0.15, 0.2) is 0 Å². The number of aromatic carboxylic acids is 1. The van der Waals surface area contributed by atoms with Crippen LogP contribution in [0.2, 0.25) is 0 Å². The van der Waals surface area contributed by atoms with Crippen LogP contribution in [0.5, 0.6) is 0 Å². The molecule has 3 nitrogen and oxygen atoms in total. The lowest BCUT2D eigenvalue weighted by molar-refractivity contribution is -0.254. The number of carbonyl (C=O) groups excluding carboxylic acids is 1. The van der Waals surface area contributed by atoms with Crippen molar-refractivity contribution in [1.82, 2.24) is 4.98 Å². The molecule has 1 aliphatic carbocycles. The van der Waals surface area contributed by atoms with E-state index in [1.807, 2.05) is 24.3 Å². The highest BCUT2D eigenvalue weighted by molar-refractivity contribution is 6.05. The topological polar surface area (TPSA) is 53.0 Å². The van der Waals surface area contributed by atoms with E-state index >= 15 is 0 Å². The van der Waals surface area contributed by atoms with Crippen molar-refractivity contribution in [3.63, 3.8) is 0 Å². The summed E-state index contributed by atoms with van der Waals surface area (Å²) in [6, 6.07) is 16.0. The van der Waals surface area contributed by atoms with Crippen LogP contribution in [-0.2, 0) is 11.8 Å². The second kappa shape index (κ2) is 7.14. The third-order valence-electron chi connectivity index (χ3n) is 5.74. The predicted molar refractivity (Wildman–Crippen MR) is 117 cm³/mol. The van der Waals surface area contributed by atoms with Gasteiger partial charge < -0.3 is 9.90 Å². The quantitative estimate of drug-likeness (QED) is 0.623. The number of hydrogen-bond donors (Lipinski definition) is 0. The minimum absolute atomic E-state index is 0.113. The van der Waals surface area contributed by atoms with Gasteiger partial charge in [-0.3, -0.25) is 0 Å². The van der Waals surface area contributed by atoms with Crippen LogP contribution in [0.4, 0.5) is 0 Å². The average Bonchev–Trinajstić information content (AvgIpc) is 2.66. The summed E-state index contributed by atoms with van der Waals surface area (Å²) in [7, 11) is 0. The molecule has 0 unspecified atom stereocenters. The molecule has 1 atom stereocenters. The molecule has 0 saturated heterocycles. The second-order valence-corrected chi connectivity index (χ2v) is 9.17. The number of fused-ring (bicyclic) bond motifs is 2. The molecule has 0 radical (unpaired) electrons. The van der Waals surface area contributed by atoms with Crippen LogP contribution in [0.25, 0.3) is 22.6 Å². The summed E-state index contributed by atoms with van der Waals surface area (Å²) in [6.07, 6.45) is 3.74. The van der Waals surface area contributed by atoms with E-state index in [2.05, 4.69) is 58.0 Å². The Morgan fingerprint density at radius 3 is 2.41 bits per heavy atom. The molecule has 0 saturated carbocycles. The molecule has 148 valence electrons. The van der Waals surface area contributed by atoms with Crippen LogP contribution >= 0.6 is 0 Å². The largest absolute Gasteiger partial charge is 0.545 e. The molecule has 0 N–H and O–H groups in total. The minimum atomic E-state index is -1.12. The zero-order chi connectivity index (χ0) is 20.8. The molecule has 4 rings (SSSR count). The third kappa shape index (κ3) is 3.69. The molecule has 3 heteroatoms. The van der Waals surface area contributed by atoms with Gasteiger partial charge in [0.05, 0.1) is 17.2 Å². The lowest BCUT2D eigenvalue weighted by Gasteiger charge is -2.27. The van der Waals surface area contributed by atoms with Crippen molar-refractivity contribution in [3.05, 3.63) is 76.5 Å². The van der Waals surface area contributed by atoms with Crippen LogP contribution in [0.3, 0.4) is 0 Å². The first-order valence-corrected chi connectivity index (χ1v) is 10.2. The number of nitrogens with zero attached hydrogens (tertiary/aromatic N) is 1. The Balaban J connectivity index is 1.88. The maximum Gasteiger partial charge on any atom is 0.0725 e. The van der Waals surface area contributed by atoms with E-state index in [-0.39, 0.29) is 5.41 Å². The van der Waals surface area contributed by atoms with Gasteiger partial charge in [-0.1, -0.05) is 70.2 Å². The van der Waals surface area contributed by atoms with Crippen molar-refractivity contribution in [3.8, 4) is 0 Å². The standard InChI is InChI=1S/C26H27NO2/c1-16-13-18(15-17-9-11-19(12-10-17)26(2,3)4)24-21(14-16)23(25(28)29)20-7-5-6-8-22(20)27-24/h5-12,15-16H,13-14H2,1-4H3,(H,28,29)/p-1/b18-15+/t16-/m1/s1. The Hall–Kier alpha value is -2.94. The van der Waals surface area contributed by atoms with Gasteiger partial charge in [-0.15, -0.1) is 0 Å². The number of carboxylic acid groups (broad SMARTS) is 1. The molecule has 0 bridgehead atoms. The van der Waals surface area contributed by atoms with Crippen molar-refractivity contribution in [1.29, 1.82) is 0 Å². The molecular weight excluding hydrogens is 358 g/mol. The van der Waals surface area contributed by atoms with Crippen LogP contribution in [0, 0.1) is 5.92 Å². The van der Waals surface area contributed by atoms with E-state index in [9.17, 15) is 9.90 Å². The molecule has 1 heterocycles. The first-order valence-electron chi connectivity index (χ1n) is 10.2. The molecule has 0 fully saturated rings. The fraction of sp³-hybridized carbons (Fsp3) is 0.308. The van der Waals surface area contributed by atoms with Gasteiger partial charge in [-0.25, -0.2) is 4.98 Å². The number of carbonyl (C=O) groups is 1. The maximum atomic E-state index is 12.0. The Morgan fingerprint density at radius 1 is 1.07 bits per heavy atom. The van der Waals surface area contributed by atoms with Gasteiger partial charge in [0.2, 0.25) is 0 Å². The number of allylic oxidation sites excluding steroid dienone is 1. The van der Waals surface area contributed by atoms with Crippen molar-refractivity contribution in [2.75, 3.05) is 0 Å². The number of hydrogen-bond acceptors (Lipinski definition) is 3.